The van der Waals surface area contributed by atoms with Gasteiger partial charge in [-0.1, -0.05) is 16.8 Å². The van der Waals surface area contributed by atoms with Crippen LogP contribution in [0.3, 0.4) is 0 Å². The number of benzene rings is 1. The predicted molar refractivity (Wildman–Crippen MR) is 97.8 cm³/mol. The molecule has 8 heteroatoms. The maximum Gasteiger partial charge on any atom is 0.234 e. The Bertz CT molecular complexity index is 759. The van der Waals surface area contributed by atoms with E-state index in [0.717, 1.165) is 23.4 Å². The lowest BCUT2D eigenvalue weighted by atomic mass is 10.2. The van der Waals surface area contributed by atoms with Gasteiger partial charge in [-0.25, -0.2) is 0 Å². The Labute approximate surface area is 155 Å². The summed E-state index contributed by atoms with van der Waals surface area (Å²) in [6.45, 7) is 4.93. The highest BCUT2D eigenvalue weighted by molar-refractivity contribution is 7.99. The zero-order valence-corrected chi connectivity index (χ0v) is 15.6. The van der Waals surface area contributed by atoms with E-state index >= 15 is 0 Å². The molecule has 1 aliphatic heterocycles. The van der Waals surface area contributed by atoms with Gasteiger partial charge >= 0.3 is 0 Å². The Morgan fingerprint density at radius 3 is 2.68 bits per heavy atom. The van der Waals surface area contributed by atoms with E-state index in [9.17, 15) is 4.79 Å². The first-order valence-electron chi connectivity index (χ1n) is 7.93. The number of halogens is 1. The van der Waals surface area contributed by atoms with Crippen LogP contribution in [0, 0.1) is 13.8 Å². The molecule has 3 rings (SSSR count). The number of anilines is 1. The normalized spacial score (nSPS) is 13.4. The average Bonchev–Trinajstić information content (AvgIpc) is 2.77. The fourth-order valence-corrected chi connectivity index (χ4v) is 3.60. The fourth-order valence-electron chi connectivity index (χ4n) is 2.42. The molecule has 0 spiro atoms. The molecule has 25 heavy (non-hydrogen) atoms. The number of aromatic nitrogens is 1. The van der Waals surface area contributed by atoms with Crippen LogP contribution >= 0.6 is 23.4 Å². The maximum absolute atomic E-state index is 12.2. The number of nitrogens with zero attached hydrogens (tertiary/aromatic N) is 1. The van der Waals surface area contributed by atoms with Gasteiger partial charge in [-0.2, -0.15) is 0 Å². The summed E-state index contributed by atoms with van der Waals surface area (Å²) >= 11 is 7.73. The lowest BCUT2D eigenvalue weighted by Gasteiger charge is -2.12. The number of rotatable bonds is 5. The van der Waals surface area contributed by atoms with Crippen molar-refractivity contribution in [3.63, 3.8) is 0 Å². The number of carbonyl (C=O) groups excluding carboxylic acids is 1. The molecule has 0 atom stereocenters. The Balaban J connectivity index is 1.58. The molecule has 1 N–H and O–H groups in total. The number of ether oxygens (including phenoxy) is 2. The van der Waals surface area contributed by atoms with Gasteiger partial charge in [0.05, 0.1) is 35.4 Å². The van der Waals surface area contributed by atoms with Crippen molar-refractivity contribution in [3.8, 4) is 11.5 Å². The molecule has 0 aliphatic carbocycles. The van der Waals surface area contributed by atoms with E-state index in [4.69, 9.17) is 25.6 Å². The number of amides is 1. The minimum Gasteiger partial charge on any atom is -0.490 e. The van der Waals surface area contributed by atoms with E-state index in [1.165, 1.54) is 11.8 Å². The third kappa shape index (κ3) is 4.41. The van der Waals surface area contributed by atoms with Gasteiger partial charge in [-0.05, 0) is 13.8 Å². The SMILES string of the molecule is Cc1noc(C)c1CSCC(=O)Nc1cc2c(cc1Cl)OCCCO2. The van der Waals surface area contributed by atoms with Gasteiger partial charge in [0.15, 0.2) is 11.5 Å². The smallest absolute Gasteiger partial charge is 0.234 e. The highest BCUT2D eigenvalue weighted by Crippen LogP contribution is 2.37. The number of carbonyl (C=O) groups is 1. The number of thioether (sulfide) groups is 1. The zero-order valence-electron chi connectivity index (χ0n) is 14.1. The van der Waals surface area contributed by atoms with E-state index in [0.29, 0.717) is 46.9 Å². The maximum atomic E-state index is 12.2. The summed E-state index contributed by atoms with van der Waals surface area (Å²) < 4.78 is 16.3. The molecular formula is C17H19ClN2O4S. The molecule has 0 saturated carbocycles. The number of hydrogen-bond acceptors (Lipinski definition) is 6. The standard InChI is InChI=1S/C17H19ClN2O4S/c1-10-12(11(2)24-20-10)8-25-9-17(21)19-14-7-16-15(6-13(14)18)22-4-3-5-23-16/h6-7H,3-5,8-9H2,1-2H3,(H,19,21). The molecule has 0 saturated heterocycles. The molecule has 1 aromatic heterocycles. The average molecular weight is 383 g/mol. The van der Waals surface area contributed by atoms with Crippen LogP contribution in [0.1, 0.15) is 23.4 Å². The molecule has 134 valence electrons. The molecule has 1 aromatic carbocycles. The van der Waals surface area contributed by atoms with Crippen molar-refractivity contribution in [1.29, 1.82) is 0 Å². The first kappa shape index (κ1) is 17.9. The summed E-state index contributed by atoms with van der Waals surface area (Å²) in [5.41, 5.74) is 2.41. The number of fused-ring (bicyclic) bond motifs is 1. The van der Waals surface area contributed by atoms with Crippen LogP contribution in [0.25, 0.3) is 0 Å². The van der Waals surface area contributed by atoms with E-state index in [-0.39, 0.29) is 5.91 Å². The van der Waals surface area contributed by atoms with Crippen molar-refractivity contribution < 1.29 is 18.8 Å². The molecule has 2 aromatic rings. The van der Waals surface area contributed by atoms with Crippen molar-refractivity contribution in [2.45, 2.75) is 26.0 Å². The van der Waals surface area contributed by atoms with Gasteiger partial charge in [-0.3, -0.25) is 4.79 Å². The largest absolute Gasteiger partial charge is 0.490 e. The lowest BCUT2D eigenvalue weighted by Crippen LogP contribution is -2.14. The van der Waals surface area contributed by atoms with Gasteiger partial charge < -0.3 is 19.3 Å². The second-order valence-electron chi connectivity index (χ2n) is 5.67. The van der Waals surface area contributed by atoms with Crippen LogP contribution in [0.4, 0.5) is 5.69 Å². The third-order valence-corrected chi connectivity index (χ3v) is 5.04. The van der Waals surface area contributed by atoms with Crippen molar-refractivity contribution >= 4 is 35.0 Å². The van der Waals surface area contributed by atoms with Crippen molar-refractivity contribution in [2.75, 3.05) is 24.3 Å². The minimum atomic E-state index is -0.131. The topological polar surface area (TPSA) is 73.6 Å². The quantitative estimate of drug-likeness (QED) is 0.843. The van der Waals surface area contributed by atoms with E-state index in [1.807, 2.05) is 13.8 Å². The highest BCUT2D eigenvalue weighted by atomic mass is 35.5. The Hall–Kier alpha value is -1.86. The fraction of sp³-hybridized carbons (Fsp3) is 0.412. The lowest BCUT2D eigenvalue weighted by molar-refractivity contribution is -0.113. The monoisotopic (exact) mass is 382 g/mol. The molecule has 6 nitrogen and oxygen atoms in total. The molecule has 0 radical (unpaired) electrons. The van der Waals surface area contributed by atoms with Gasteiger partial charge in [0.1, 0.15) is 5.76 Å². The summed E-state index contributed by atoms with van der Waals surface area (Å²) in [6.07, 6.45) is 0.812. The molecule has 1 aliphatic rings. The number of hydrogen-bond donors (Lipinski definition) is 1. The number of aryl methyl sites for hydroxylation is 2. The Morgan fingerprint density at radius 1 is 1.28 bits per heavy atom. The molecule has 0 fully saturated rings. The number of nitrogens with one attached hydrogen (secondary N) is 1. The summed E-state index contributed by atoms with van der Waals surface area (Å²) in [4.78, 5) is 12.2. The first-order valence-corrected chi connectivity index (χ1v) is 9.46. The Kier molecular flexibility index (Phi) is 5.75. The highest BCUT2D eigenvalue weighted by Gasteiger charge is 2.16. The molecule has 0 unspecified atom stereocenters. The minimum absolute atomic E-state index is 0.131. The summed E-state index contributed by atoms with van der Waals surface area (Å²) in [7, 11) is 0. The van der Waals surface area contributed by atoms with E-state index < -0.39 is 0 Å². The van der Waals surface area contributed by atoms with Crippen LogP contribution in [0.15, 0.2) is 16.7 Å². The van der Waals surface area contributed by atoms with Crippen LogP contribution in [0.2, 0.25) is 5.02 Å². The zero-order chi connectivity index (χ0) is 17.8. The van der Waals surface area contributed by atoms with Crippen molar-refractivity contribution in [3.05, 3.63) is 34.2 Å². The van der Waals surface area contributed by atoms with Gasteiger partial charge in [-0.15, -0.1) is 11.8 Å². The first-order chi connectivity index (χ1) is 12.0. The van der Waals surface area contributed by atoms with Gasteiger partial charge in [0, 0.05) is 29.9 Å². The van der Waals surface area contributed by atoms with Crippen LogP contribution in [-0.4, -0.2) is 30.0 Å². The second-order valence-corrected chi connectivity index (χ2v) is 7.07. The second kappa shape index (κ2) is 8.01. The predicted octanol–water partition coefficient (Wildman–Crippen LogP) is 3.98. The van der Waals surface area contributed by atoms with Gasteiger partial charge in [0.2, 0.25) is 5.91 Å². The molecule has 1 amide bonds. The van der Waals surface area contributed by atoms with E-state index in [2.05, 4.69) is 10.5 Å². The van der Waals surface area contributed by atoms with Crippen LogP contribution < -0.4 is 14.8 Å². The summed E-state index contributed by atoms with van der Waals surface area (Å²) in [6, 6.07) is 3.38. The van der Waals surface area contributed by atoms with Crippen LogP contribution in [0.5, 0.6) is 11.5 Å². The van der Waals surface area contributed by atoms with Gasteiger partial charge in [0.25, 0.3) is 0 Å². The summed E-state index contributed by atoms with van der Waals surface area (Å²) in [5.74, 6) is 2.83. The summed E-state index contributed by atoms with van der Waals surface area (Å²) in [5, 5.41) is 7.16. The molecular weight excluding hydrogens is 364 g/mol. The van der Waals surface area contributed by atoms with Crippen molar-refractivity contribution in [1.82, 2.24) is 5.16 Å². The van der Waals surface area contributed by atoms with Crippen LogP contribution in [-0.2, 0) is 10.5 Å². The third-order valence-electron chi connectivity index (χ3n) is 3.77. The molecule has 0 bridgehead atoms. The Morgan fingerprint density at radius 2 is 2.00 bits per heavy atom. The van der Waals surface area contributed by atoms with Crippen molar-refractivity contribution in [2.24, 2.45) is 0 Å². The van der Waals surface area contributed by atoms with E-state index in [1.54, 1.807) is 12.1 Å². The molecule has 2 heterocycles.